The molecule has 1 aromatic rings. The number of nitrogens with zero attached hydrogens (tertiary/aromatic N) is 3. The number of ether oxygens (including phenoxy) is 1. The van der Waals surface area contributed by atoms with Gasteiger partial charge in [0.15, 0.2) is 12.4 Å². The molecule has 3 N–H and O–H groups in total. The standard InChI is InChI=1S/C8H10F2N4O2/c1-4-2-5(7(11)14-15)13-8(12-4)16-3-6(9)10/h2,6,15H,3H2,1H3,(H2,11,14). The van der Waals surface area contributed by atoms with Gasteiger partial charge < -0.3 is 15.7 Å². The van der Waals surface area contributed by atoms with Crippen molar-refractivity contribution in [2.75, 3.05) is 6.61 Å². The van der Waals surface area contributed by atoms with Gasteiger partial charge in [0.05, 0.1) is 0 Å². The van der Waals surface area contributed by atoms with Crippen LogP contribution in [0.1, 0.15) is 11.4 Å². The fourth-order valence-electron chi connectivity index (χ4n) is 0.926. The van der Waals surface area contributed by atoms with E-state index in [0.29, 0.717) is 5.69 Å². The second-order valence-corrected chi connectivity index (χ2v) is 2.86. The average Bonchev–Trinajstić information content (AvgIpc) is 2.24. The molecule has 0 aromatic carbocycles. The summed E-state index contributed by atoms with van der Waals surface area (Å²) < 4.78 is 28.4. The van der Waals surface area contributed by atoms with Crippen LogP contribution in [0, 0.1) is 6.92 Å². The topological polar surface area (TPSA) is 93.6 Å². The highest BCUT2D eigenvalue weighted by atomic mass is 19.3. The van der Waals surface area contributed by atoms with Gasteiger partial charge in [-0.1, -0.05) is 5.16 Å². The van der Waals surface area contributed by atoms with Crippen LogP contribution in [-0.4, -0.2) is 34.0 Å². The maximum Gasteiger partial charge on any atom is 0.317 e. The highest BCUT2D eigenvalue weighted by Crippen LogP contribution is 2.08. The molecule has 1 heterocycles. The van der Waals surface area contributed by atoms with Crippen molar-refractivity contribution in [1.82, 2.24) is 9.97 Å². The molecule has 0 spiro atoms. The van der Waals surface area contributed by atoms with Crippen molar-refractivity contribution < 1.29 is 18.7 Å². The maximum atomic E-state index is 11.9. The molecular formula is C8H10F2N4O2. The number of aromatic nitrogens is 2. The number of amidine groups is 1. The molecule has 0 aliphatic heterocycles. The lowest BCUT2D eigenvalue weighted by Crippen LogP contribution is -2.17. The summed E-state index contributed by atoms with van der Waals surface area (Å²) in [6.07, 6.45) is -2.61. The number of hydrogen-bond acceptors (Lipinski definition) is 5. The Bertz CT molecular complexity index is 398. The summed E-state index contributed by atoms with van der Waals surface area (Å²) in [6.45, 7) is 0.796. The molecule has 0 aliphatic carbocycles. The average molecular weight is 232 g/mol. The zero-order valence-corrected chi connectivity index (χ0v) is 8.39. The minimum Gasteiger partial charge on any atom is -0.457 e. The van der Waals surface area contributed by atoms with E-state index in [1.807, 2.05) is 0 Å². The SMILES string of the molecule is Cc1cc(/C(N)=N/O)nc(OCC(F)F)n1. The Hall–Kier alpha value is -1.99. The second-order valence-electron chi connectivity index (χ2n) is 2.86. The van der Waals surface area contributed by atoms with Crippen molar-refractivity contribution in [2.24, 2.45) is 10.9 Å². The van der Waals surface area contributed by atoms with Crippen LogP contribution >= 0.6 is 0 Å². The summed E-state index contributed by atoms with van der Waals surface area (Å²) in [5.41, 5.74) is 5.86. The van der Waals surface area contributed by atoms with Crippen LogP contribution in [0.5, 0.6) is 6.01 Å². The Labute approximate surface area is 89.8 Å². The first kappa shape index (κ1) is 12.1. The van der Waals surface area contributed by atoms with E-state index < -0.39 is 13.0 Å². The molecule has 0 fully saturated rings. The van der Waals surface area contributed by atoms with Crippen LogP contribution in [0.2, 0.25) is 0 Å². The van der Waals surface area contributed by atoms with Crippen LogP contribution in [0.4, 0.5) is 8.78 Å². The highest BCUT2D eigenvalue weighted by Gasteiger charge is 2.09. The summed E-state index contributed by atoms with van der Waals surface area (Å²) >= 11 is 0. The zero-order valence-electron chi connectivity index (χ0n) is 8.39. The van der Waals surface area contributed by atoms with E-state index in [4.69, 9.17) is 10.9 Å². The number of halogens is 2. The number of nitrogens with two attached hydrogens (primary N) is 1. The van der Waals surface area contributed by atoms with E-state index in [9.17, 15) is 8.78 Å². The quantitative estimate of drug-likeness (QED) is 0.341. The van der Waals surface area contributed by atoms with Crippen molar-refractivity contribution in [1.29, 1.82) is 0 Å². The van der Waals surface area contributed by atoms with Gasteiger partial charge in [0.2, 0.25) is 0 Å². The molecule has 0 saturated heterocycles. The molecule has 1 rings (SSSR count). The van der Waals surface area contributed by atoms with Gasteiger partial charge in [0.25, 0.3) is 6.43 Å². The smallest absolute Gasteiger partial charge is 0.317 e. The van der Waals surface area contributed by atoms with Gasteiger partial charge in [-0.3, -0.25) is 0 Å². The molecule has 0 saturated carbocycles. The molecule has 0 unspecified atom stereocenters. The summed E-state index contributed by atoms with van der Waals surface area (Å²) in [7, 11) is 0. The molecule has 1 aromatic heterocycles. The first-order valence-corrected chi connectivity index (χ1v) is 4.27. The molecule has 88 valence electrons. The van der Waals surface area contributed by atoms with Crippen LogP contribution in [0.15, 0.2) is 11.2 Å². The van der Waals surface area contributed by atoms with Gasteiger partial charge in [-0.15, -0.1) is 0 Å². The summed E-state index contributed by atoms with van der Waals surface area (Å²) in [6, 6.07) is 1.20. The fourth-order valence-corrected chi connectivity index (χ4v) is 0.926. The van der Waals surface area contributed by atoms with Crippen molar-refractivity contribution in [3.8, 4) is 6.01 Å². The first-order chi connectivity index (χ1) is 7.52. The van der Waals surface area contributed by atoms with Crippen molar-refractivity contribution >= 4 is 5.84 Å². The summed E-state index contributed by atoms with van der Waals surface area (Å²) in [5, 5.41) is 11.2. The Balaban J connectivity index is 2.90. The predicted molar refractivity (Wildman–Crippen MR) is 50.8 cm³/mol. The Morgan fingerprint density at radius 2 is 2.31 bits per heavy atom. The molecule has 0 radical (unpaired) electrons. The molecule has 0 aliphatic rings. The molecule has 8 heteroatoms. The number of aryl methyl sites for hydroxylation is 1. The Morgan fingerprint density at radius 1 is 1.62 bits per heavy atom. The van der Waals surface area contributed by atoms with Gasteiger partial charge in [0, 0.05) is 5.69 Å². The molecule has 0 bridgehead atoms. The molecular weight excluding hydrogens is 222 g/mol. The third-order valence-electron chi connectivity index (χ3n) is 1.54. The lowest BCUT2D eigenvalue weighted by molar-refractivity contribution is 0.0769. The highest BCUT2D eigenvalue weighted by molar-refractivity contribution is 5.95. The zero-order chi connectivity index (χ0) is 12.1. The normalized spacial score (nSPS) is 11.9. The number of rotatable bonds is 4. The molecule has 0 amide bonds. The van der Waals surface area contributed by atoms with E-state index in [2.05, 4.69) is 19.9 Å². The van der Waals surface area contributed by atoms with E-state index in [0.717, 1.165) is 0 Å². The predicted octanol–water partition coefficient (Wildman–Crippen LogP) is 0.523. The van der Waals surface area contributed by atoms with E-state index in [1.165, 1.54) is 6.07 Å². The van der Waals surface area contributed by atoms with Crippen LogP contribution in [0.25, 0.3) is 0 Å². The van der Waals surface area contributed by atoms with Gasteiger partial charge in [-0.05, 0) is 13.0 Å². The monoisotopic (exact) mass is 232 g/mol. The van der Waals surface area contributed by atoms with Crippen LogP contribution < -0.4 is 10.5 Å². The van der Waals surface area contributed by atoms with Crippen molar-refractivity contribution in [2.45, 2.75) is 13.3 Å². The number of oxime groups is 1. The largest absolute Gasteiger partial charge is 0.457 e. The van der Waals surface area contributed by atoms with E-state index >= 15 is 0 Å². The van der Waals surface area contributed by atoms with E-state index in [-0.39, 0.29) is 17.5 Å². The van der Waals surface area contributed by atoms with Gasteiger partial charge in [-0.25, -0.2) is 13.8 Å². The van der Waals surface area contributed by atoms with Crippen molar-refractivity contribution in [3.05, 3.63) is 17.5 Å². The molecule has 6 nitrogen and oxygen atoms in total. The maximum absolute atomic E-state index is 11.9. The summed E-state index contributed by atoms with van der Waals surface area (Å²) in [5.74, 6) is -0.243. The lowest BCUT2D eigenvalue weighted by atomic mass is 10.3. The third kappa shape index (κ3) is 3.30. The number of alkyl halides is 2. The van der Waals surface area contributed by atoms with Gasteiger partial charge in [-0.2, -0.15) is 4.98 Å². The molecule has 16 heavy (non-hydrogen) atoms. The molecule has 0 atom stereocenters. The minimum atomic E-state index is -2.61. The Kier molecular flexibility index (Phi) is 3.92. The minimum absolute atomic E-state index is 0.110. The second kappa shape index (κ2) is 5.19. The van der Waals surface area contributed by atoms with E-state index in [1.54, 1.807) is 6.92 Å². The van der Waals surface area contributed by atoms with Crippen molar-refractivity contribution in [3.63, 3.8) is 0 Å². The third-order valence-corrected chi connectivity index (χ3v) is 1.54. The Morgan fingerprint density at radius 3 is 2.88 bits per heavy atom. The van der Waals surface area contributed by atoms with Gasteiger partial charge in [0.1, 0.15) is 5.69 Å². The first-order valence-electron chi connectivity index (χ1n) is 4.27. The van der Waals surface area contributed by atoms with Crippen LogP contribution in [0.3, 0.4) is 0 Å². The lowest BCUT2D eigenvalue weighted by Gasteiger charge is -2.06. The number of hydrogen-bond donors (Lipinski definition) is 2. The fraction of sp³-hybridized carbons (Fsp3) is 0.375. The van der Waals surface area contributed by atoms with Crippen LogP contribution in [-0.2, 0) is 0 Å². The van der Waals surface area contributed by atoms with Gasteiger partial charge >= 0.3 is 6.01 Å². The summed E-state index contributed by atoms with van der Waals surface area (Å²) in [4.78, 5) is 7.46.